The predicted molar refractivity (Wildman–Crippen MR) is 125 cm³/mol. The maximum absolute atomic E-state index is 12.3. The summed E-state index contributed by atoms with van der Waals surface area (Å²) in [5.74, 6) is -0.961. The topological polar surface area (TPSA) is 94.6 Å². The molecule has 0 radical (unpaired) electrons. The SMILES string of the molecule is Cc1cccc(Cn2c3cc(C(C)C)cc(OCC(=O)O)c3c3c(C(N)=O)cccc32)c1. The van der Waals surface area contributed by atoms with E-state index in [9.17, 15) is 14.7 Å². The van der Waals surface area contributed by atoms with Gasteiger partial charge >= 0.3 is 5.97 Å². The zero-order valence-corrected chi connectivity index (χ0v) is 18.4. The monoisotopic (exact) mass is 430 g/mol. The van der Waals surface area contributed by atoms with Gasteiger partial charge in [0.25, 0.3) is 0 Å². The van der Waals surface area contributed by atoms with Crippen molar-refractivity contribution in [3.8, 4) is 5.75 Å². The normalized spacial score (nSPS) is 11.4. The molecule has 164 valence electrons. The average molecular weight is 431 g/mol. The summed E-state index contributed by atoms with van der Waals surface area (Å²) in [4.78, 5) is 23.5. The number of carboxylic acid groups (broad SMARTS) is 1. The molecule has 0 aliphatic heterocycles. The standard InChI is InChI=1S/C26H26N2O4/c1-15(2)18-11-21-25(22(12-18)32-14-23(29)30)24-19(26(27)31)8-5-9-20(24)28(21)13-17-7-4-6-16(3)10-17/h4-12,15H,13-14H2,1-3H3,(H2,27,31)(H,29,30). The summed E-state index contributed by atoms with van der Waals surface area (Å²) in [5.41, 5.74) is 11.1. The van der Waals surface area contributed by atoms with Gasteiger partial charge in [-0.3, -0.25) is 4.79 Å². The van der Waals surface area contributed by atoms with Crippen LogP contribution in [0.2, 0.25) is 0 Å². The lowest BCUT2D eigenvalue weighted by molar-refractivity contribution is -0.139. The molecular weight excluding hydrogens is 404 g/mol. The van der Waals surface area contributed by atoms with Crippen LogP contribution in [0.25, 0.3) is 21.8 Å². The van der Waals surface area contributed by atoms with E-state index in [1.54, 1.807) is 6.07 Å². The third kappa shape index (κ3) is 3.91. The highest BCUT2D eigenvalue weighted by Gasteiger charge is 2.22. The van der Waals surface area contributed by atoms with Crippen LogP contribution in [0.3, 0.4) is 0 Å². The molecule has 1 heterocycles. The van der Waals surface area contributed by atoms with Crippen molar-refractivity contribution in [2.45, 2.75) is 33.2 Å². The van der Waals surface area contributed by atoms with Crippen molar-refractivity contribution in [3.63, 3.8) is 0 Å². The fraction of sp³-hybridized carbons (Fsp3) is 0.231. The van der Waals surface area contributed by atoms with Crippen LogP contribution in [-0.2, 0) is 11.3 Å². The molecule has 0 aliphatic carbocycles. The molecule has 3 aromatic carbocycles. The summed E-state index contributed by atoms with van der Waals surface area (Å²) in [7, 11) is 0. The van der Waals surface area contributed by atoms with Gasteiger partial charge in [0, 0.05) is 17.5 Å². The van der Waals surface area contributed by atoms with Crippen LogP contribution < -0.4 is 10.5 Å². The molecule has 6 nitrogen and oxygen atoms in total. The Morgan fingerprint density at radius 2 is 1.78 bits per heavy atom. The number of primary amides is 1. The van der Waals surface area contributed by atoms with E-state index >= 15 is 0 Å². The number of aliphatic carboxylic acids is 1. The molecule has 1 aromatic heterocycles. The highest BCUT2D eigenvalue weighted by Crippen LogP contribution is 2.40. The van der Waals surface area contributed by atoms with Crippen molar-refractivity contribution in [2.75, 3.05) is 6.61 Å². The summed E-state index contributed by atoms with van der Waals surface area (Å²) < 4.78 is 7.88. The summed E-state index contributed by atoms with van der Waals surface area (Å²) in [6, 6.07) is 17.7. The molecule has 0 unspecified atom stereocenters. The molecule has 0 atom stereocenters. The van der Waals surface area contributed by atoms with Crippen LogP contribution in [0.5, 0.6) is 5.75 Å². The van der Waals surface area contributed by atoms with Crippen molar-refractivity contribution in [3.05, 3.63) is 76.9 Å². The number of aromatic nitrogens is 1. The molecule has 0 spiro atoms. The lowest BCUT2D eigenvalue weighted by Gasteiger charge is -2.13. The Labute approximate surface area is 186 Å². The maximum Gasteiger partial charge on any atom is 0.341 e. The van der Waals surface area contributed by atoms with Gasteiger partial charge in [-0.1, -0.05) is 49.7 Å². The minimum atomic E-state index is -1.06. The fourth-order valence-electron chi connectivity index (χ4n) is 4.20. The van der Waals surface area contributed by atoms with Gasteiger partial charge in [0.2, 0.25) is 5.91 Å². The summed E-state index contributed by atoms with van der Waals surface area (Å²) in [6.45, 7) is 6.31. The first kappa shape index (κ1) is 21.4. The first-order valence-corrected chi connectivity index (χ1v) is 10.5. The van der Waals surface area contributed by atoms with Crippen LogP contribution in [0.15, 0.2) is 54.6 Å². The molecule has 4 rings (SSSR count). The van der Waals surface area contributed by atoms with Gasteiger partial charge in [0.15, 0.2) is 6.61 Å². The van der Waals surface area contributed by atoms with Crippen molar-refractivity contribution < 1.29 is 19.4 Å². The number of nitrogens with two attached hydrogens (primary N) is 1. The van der Waals surface area contributed by atoms with E-state index in [1.807, 2.05) is 24.3 Å². The molecule has 0 saturated heterocycles. The number of rotatable bonds is 7. The van der Waals surface area contributed by atoms with Crippen molar-refractivity contribution >= 4 is 33.7 Å². The number of aryl methyl sites for hydroxylation is 1. The largest absolute Gasteiger partial charge is 0.481 e. The molecule has 4 aromatic rings. The lowest BCUT2D eigenvalue weighted by atomic mass is 9.99. The third-order valence-electron chi connectivity index (χ3n) is 5.68. The number of carbonyl (C=O) groups is 2. The molecule has 0 saturated carbocycles. The Hall–Kier alpha value is -3.80. The quantitative estimate of drug-likeness (QED) is 0.439. The third-order valence-corrected chi connectivity index (χ3v) is 5.68. The maximum atomic E-state index is 12.3. The van der Waals surface area contributed by atoms with E-state index in [4.69, 9.17) is 10.5 Å². The Balaban J connectivity index is 2.09. The van der Waals surface area contributed by atoms with E-state index in [2.05, 4.69) is 49.6 Å². The first-order valence-electron chi connectivity index (χ1n) is 10.5. The fourth-order valence-corrected chi connectivity index (χ4v) is 4.20. The van der Waals surface area contributed by atoms with E-state index in [0.29, 0.717) is 28.6 Å². The number of fused-ring (bicyclic) bond motifs is 3. The van der Waals surface area contributed by atoms with E-state index in [1.165, 1.54) is 0 Å². The number of carbonyl (C=O) groups excluding carboxylic acids is 1. The number of nitrogens with zero attached hydrogens (tertiary/aromatic N) is 1. The Morgan fingerprint density at radius 1 is 1.03 bits per heavy atom. The zero-order valence-electron chi connectivity index (χ0n) is 18.4. The minimum absolute atomic E-state index is 0.202. The zero-order chi connectivity index (χ0) is 23.0. The van der Waals surface area contributed by atoms with Crippen LogP contribution in [0.4, 0.5) is 0 Å². The molecular formula is C26H26N2O4. The van der Waals surface area contributed by atoms with E-state index in [-0.39, 0.29) is 5.92 Å². The predicted octanol–water partition coefficient (Wildman–Crippen LogP) is 4.84. The average Bonchev–Trinajstić information content (AvgIpc) is 3.05. The van der Waals surface area contributed by atoms with Crippen molar-refractivity contribution in [1.82, 2.24) is 4.57 Å². The summed E-state index contributed by atoms with van der Waals surface area (Å²) in [6.07, 6.45) is 0. The lowest BCUT2D eigenvalue weighted by Crippen LogP contribution is -2.12. The van der Waals surface area contributed by atoms with Gasteiger partial charge in [0.1, 0.15) is 5.75 Å². The van der Waals surface area contributed by atoms with Crippen LogP contribution in [-0.4, -0.2) is 28.2 Å². The number of hydrogen-bond donors (Lipinski definition) is 2. The highest BCUT2D eigenvalue weighted by atomic mass is 16.5. The van der Waals surface area contributed by atoms with E-state index in [0.717, 1.165) is 27.7 Å². The Kier molecular flexibility index (Phi) is 5.61. The van der Waals surface area contributed by atoms with Gasteiger partial charge in [-0.05, 0) is 48.2 Å². The number of hydrogen-bond acceptors (Lipinski definition) is 3. The van der Waals surface area contributed by atoms with Gasteiger partial charge in [-0.15, -0.1) is 0 Å². The molecule has 0 aliphatic rings. The molecule has 1 amide bonds. The number of carboxylic acids is 1. The smallest absolute Gasteiger partial charge is 0.341 e. The van der Waals surface area contributed by atoms with Crippen molar-refractivity contribution in [1.29, 1.82) is 0 Å². The van der Waals surface area contributed by atoms with Gasteiger partial charge in [-0.25, -0.2) is 4.79 Å². The molecule has 0 bridgehead atoms. The Bertz CT molecular complexity index is 1350. The summed E-state index contributed by atoms with van der Waals surface area (Å²) in [5, 5.41) is 10.6. The van der Waals surface area contributed by atoms with Crippen LogP contribution >= 0.6 is 0 Å². The minimum Gasteiger partial charge on any atom is -0.481 e. The Morgan fingerprint density at radius 3 is 2.44 bits per heavy atom. The second-order valence-corrected chi connectivity index (χ2v) is 8.39. The molecule has 0 fully saturated rings. The van der Waals surface area contributed by atoms with Crippen molar-refractivity contribution in [2.24, 2.45) is 5.73 Å². The van der Waals surface area contributed by atoms with E-state index < -0.39 is 18.5 Å². The van der Waals surface area contributed by atoms with Gasteiger partial charge < -0.3 is 20.1 Å². The molecule has 6 heteroatoms. The second kappa shape index (κ2) is 8.38. The summed E-state index contributed by atoms with van der Waals surface area (Å²) >= 11 is 0. The highest BCUT2D eigenvalue weighted by molar-refractivity contribution is 6.20. The van der Waals surface area contributed by atoms with Crippen LogP contribution in [0.1, 0.15) is 46.8 Å². The molecule has 32 heavy (non-hydrogen) atoms. The van der Waals surface area contributed by atoms with Crippen LogP contribution in [0, 0.1) is 6.92 Å². The number of amides is 1. The van der Waals surface area contributed by atoms with Gasteiger partial charge in [-0.2, -0.15) is 0 Å². The molecule has 3 N–H and O–H groups in total. The number of ether oxygens (including phenoxy) is 1. The van der Waals surface area contributed by atoms with Gasteiger partial charge in [0.05, 0.1) is 16.4 Å². The number of benzene rings is 3. The second-order valence-electron chi connectivity index (χ2n) is 8.39. The first-order chi connectivity index (χ1) is 15.3.